The average Bonchev–Trinajstić information content (AvgIpc) is 2.41. The molecule has 1 atom stereocenters. The van der Waals surface area contributed by atoms with Crippen molar-refractivity contribution < 1.29 is 4.79 Å². The lowest BCUT2D eigenvalue weighted by atomic mass is 9.98. The van der Waals surface area contributed by atoms with Gasteiger partial charge in [0.05, 0.1) is 17.2 Å². The molecule has 1 amide bonds. The summed E-state index contributed by atoms with van der Waals surface area (Å²) in [5, 5.41) is 15.1. The molecule has 1 aliphatic heterocycles. The number of hydrogen-bond donors (Lipinski definition) is 2. The number of piperidine rings is 1. The Labute approximate surface area is 115 Å². The molecule has 18 heavy (non-hydrogen) atoms. The zero-order valence-electron chi connectivity index (χ0n) is 9.87. The fraction of sp³-hybridized carbons (Fsp3) is 0.385. The molecular formula is C13H14BrN3O. The zero-order chi connectivity index (χ0) is 13.0. The van der Waals surface area contributed by atoms with Crippen LogP contribution in [0, 0.1) is 17.2 Å². The van der Waals surface area contributed by atoms with Crippen LogP contribution in [-0.4, -0.2) is 19.0 Å². The first kappa shape index (κ1) is 13.1. The summed E-state index contributed by atoms with van der Waals surface area (Å²) in [5.41, 5.74) is 1.05. The minimum absolute atomic E-state index is 0.00561. The van der Waals surface area contributed by atoms with E-state index in [2.05, 4.69) is 32.6 Å². The lowest BCUT2D eigenvalue weighted by Gasteiger charge is -2.22. The quantitative estimate of drug-likeness (QED) is 0.881. The Morgan fingerprint density at radius 2 is 2.39 bits per heavy atom. The molecule has 0 aromatic heterocycles. The van der Waals surface area contributed by atoms with Gasteiger partial charge in [0.2, 0.25) is 5.91 Å². The van der Waals surface area contributed by atoms with Crippen LogP contribution in [0.25, 0.3) is 0 Å². The van der Waals surface area contributed by atoms with Crippen LogP contribution in [-0.2, 0) is 4.79 Å². The number of carbonyl (C=O) groups is 1. The minimum Gasteiger partial charge on any atom is -0.325 e. The number of benzene rings is 1. The van der Waals surface area contributed by atoms with Crippen LogP contribution in [0.15, 0.2) is 22.7 Å². The van der Waals surface area contributed by atoms with Crippen molar-refractivity contribution in [2.45, 2.75) is 12.8 Å². The first-order valence-electron chi connectivity index (χ1n) is 5.92. The van der Waals surface area contributed by atoms with E-state index < -0.39 is 0 Å². The van der Waals surface area contributed by atoms with Crippen molar-refractivity contribution in [3.05, 3.63) is 28.2 Å². The number of nitrogens with one attached hydrogen (secondary N) is 2. The van der Waals surface area contributed by atoms with Crippen LogP contribution in [0.5, 0.6) is 0 Å². The van der Waals surface area contributed by atoms with E-state index in [0.717, 1.165) is 23.9 Å². The molecule has 0 bridgehead atoms. The van der Waals surface area contributed by atoms with Crippen molar-refractivity contribution in [2.24, 2.45) is 5.92 Å². The SMILES string of the molecule is N#Cc1cc(Br)ccc1NC(=O)[C@H]1CCCNC1. The summed E-state index contributed by atoms with van der Waals surface area (Å²) < 4.78 is 0.830. The summed E-state index contributed by atoms with van der Waals surface area (Å²) in [6, 6.07) is 7.35. The van der Waals surface area contributed by atoms with E-state index in [9.17, 15) is 4.79 Å². The van der Waals surface area contributed by atoms with Gasteiger partial charge in [-0.15, -0.1) is 0 Å². The normalized spacial score (nSPS) is 19.0. The monoisotopic (exact) mass is 307 g/mol. The molecule has 1 aromatic carbocycles. The Morgan fingerprint density at radius 3 is 3.06 bits per heavy atom. The molecule has 4 nitrogen and oxygen atoms in total. The fourth-order valence-electron chi connectivity index (χ4n) is 2.03. The molecule has 1 fully saturated rings. The molecule has 0 radical (unpaired) electrons. The highest BCUT2D eigenvalue weighted by Gasteiger charge is 2.21. The first-order valence-corrected chi connectivity index (χ1v) is 6.71. The molecular weight excluding hydrogens is 294 g/mol. The zero-order valence-corrected chi connectivity index (χ0v) is 11.5. The van der Waals surface area contributed by atoms with Crippen LogP contribution >= 0.6 is 15.9 Å². The second-order valence-electron chi connectivity index (χ2n) is 4.33. The maximum Gasteiger partial charge on any atom is 0.228 e. The van der Waals surface area contributed by atoms with Crippen molar-refractivity contribution in [1.82, 2.24) is 5.32 Å². The predicted molar refractivity (Wildman–Crippen MR) is 73.1 cm³/mol. The lowest BCUT2D eigenvalue weighted by molar-refractivity contribution is -0.120. The van der Waals surface area contributed by atoms with E-state index in [4.69, 9.17) is 5.26 Å². The average molecular weight is 308 g/mol. The van der Waals surface area contributed by atoms with E-state index in [1.807, 2.05) is 6.07 Å². The summed E-state index contributed by atoms with van der Waals surface area (Å²) in [5.74, 6) is -0.0186. The Morgan fingerprint density at radius 1 is 1.56 bits per heavy atom. The van der Waals surface area contributed by atoms with Crippen molar-refractivity contribution in [3.63, 3.8) is 0 Å². The molecule has 2 rings (SSSR count). The third-order valence-electron chi connectivity index (χ3n) is 3.03. The summed E-state index contributed by atoms with van der Waals surface area (Å²) in [4.78, 5) is 12.0. The Balaban J connectivity index is 2.09. The molecule has 1 heterocycles. The highest BCUT2D eigenvalue weighted by Crippen LogP contribution is 2.21. The van der Waals surface area contributed by atoms with Crippen LogP contribution in [0.1, 0.15) is 18.4 Å². The summed E-state index contributed by atoms with van der Waals surface area (Å²) in [6.07, 6.45) is 1.92. The van der Waals surface area contributed by atoms with Gasteiger partial charge in [-0.2, -0.15) is 5.26 Å². The van der Waals surface area contributed by atoms with Crippen molar-refractivity contribution in [2.75, 3.05) is 18.4 Å². The number of amides is 1. The minimum atomic E-state index is -0.0129. The van der Waals surface area contributed by atoms with Gasteiger partial charge < -0.3 is 10.6 Å². The molecule has 1 aliphatic rings. The van der Waals surface area contributed by atoms with E-state index in [1.54, 1.807) is 12.1 Å². The number of halogens is 1. The van der Waals surface area contributed by atoms with Crippen LogP contribution < -0.4 is 10.6 Å². The summed E-state index contributed by atoms with van der Waals surface area (Å²) in [6.45, 7) is 1.69. The van der Waals surface area contributed by atoms with Gasteiger partial charge >= 0.3 is 0 Å². The second kappa shape index (κ2) is 5.98. The van der Waals surface area contributed by atoms with E-state index >= 15 is 0 Å². The van der Waals surface area contributed by atoms with E-state index in [1.165, 1.54) is 0 Å². The molecule has 1 aromatic rings. The van der Waals surface area contributed by atoms with E-state index in [-0.39, 0.29) is 11.8 Å². The molecule has 5 heteroatoms. The molecule has 2 N–H and O–H groups in total. The standard InChI is InChI=1S/C13H14BrN3O/c14-11-3-4-12(10(6-11)7-15)17-13(18)9-2-1-5-16-8-9/h3-4,6,9,16H,1-2,5,8H2,(H,17,18)/t9-/m0/s1. The maximum atomic E-state index is 12.0. The first-order chi connectivity index (χ1) is 8.70. The number of anilines is 1. The smallest absolute Gasteiger partial charge is 0.228 e. The van der Waals surface area contributed by atoms with Gasteiger partial charge in [0.25, 0.3) is 0 Å². The fourth-order valence-corrected chi connectivity index (χ4v) is 2.39. The largest absolute Gasteiger partial charge is 0.325 e. The van der Waals surface area contributed by atoms with Gasteiger partial charge in [-0.1, -0.05) is 15.9 Å². The van der Waals surface area contributed by atoms with Crippen molar-refractivity contribution in [3.8, 4) is 6.07 Å². The van der Waals surface area contributed by atoms with E-state index in [0.29, 0.717) is 17.8 Å². The second-order valence-corrected chi connectivity index (χ2v) is 5.25. The number of hydrogen-bond acceptors (Lipinski definition) is 3. The Hall–Kier alpha value is -1.38. The lowest BCUT2D eigenvalue weighted by Crippen LogP contribution is -2.37. The predicted octanol–water partition coefficient (Wildman–Crippen LogP) is 2.26. The third kappa shape index (κ3) is 3.09. The highest BCUT2D eigenvalue weighted by molar-refractivity contribution is 9.10. The number of carbonyl (C=O) groups excluding carboxylic acids is 1. The summed E-state index contributed by atoms with van der Waals surface area (Å²) >= 11 is 3.31. The number of nitrogens with zero attached hydrogens (tertiary/aromatic N) is 1. The number of rotatable bonds is 2. The van der Waals surface area contributed by atoms with Crippen LogP contribution in [0.3, 0.4) is 0 Å². The Bertz CT molecular complexity index is 489. The van der Waals surface area contributed by atoms with Crippen LogP contribution in [0.2, 0.25) is 0 Å². The summed E-state index contributed by atoms with van der Waals surface area (Å²) in [7, 11) is 0. The molecule has 1 saturated heterocycles. The molecule has 0 aliphatic carbocycles. The number of nitriles is 1. The van der Waals surface area contributed by atoms with Crippen molar-refractivity contribution >= 4 is 27.5 Å². The van der Waals surface area contributed by atoms with Gasteiger partial charge in [-0.25, -0.2) is 0 Å². The van der Waals surface area contributed by atoms with Gasteiger partial charge in [0.15, 0.2) is 0 Å². The van der Waals surface area contributed by atoms with Gasteiger partial charge in [-0.3, -0.25) is 4.79 Å². The molecule has 0 spiro atoms. The van der Waals surface area contributed by atoms with Gasteiger partial charge in [0.1, 0.15) is 6.07 Å². The topological polar surface area (TPSA) is 64.9 Å². The Kier molecular flexibility index (Phi) is 4.34. The maximum absolute atomic E-state index is 12.0. The molecule has 0 saturated carbocycles. The van der Waals surface area contributed by atoms with Gasteiger partial charge in [-0.05, 0) is 37.6 Å². The van der Waals surface area contributed by atoms with Crippen molar-refractivity contribution in [1.29, 1.82) is 5.26 Å². The highest BCUT2D eigenvalue weighted by atomic mass is 79.9. The molecule has 0 unspecified atom stereocenters. The van der Waals surface area contributed by atoms with Crippen LogP contribution in [0.4, 0.5) is 5.69 Å². The molecule has 94 valence electrons. The van der Waals surface area contributed by atoms with Gasteiger partial charge in [0, 0.05) is 11.0 Å². The third-order valence-corrected chi connectivity index (χ3v) is 3.52.